The summed E-state index contributed by atoms with van der Waals surface area (Å²) < 4.78 is 0. The van der Waals surface area contributed by atoms with Gasteiger partial charge in [-0.05, 0) is 68.8 Å². The second-order valence-electron chi connectivity index (χ2n) is 6.13. The number of nitrogens with two attached hydrogens (primary N) is 1. The van der Waals surface area contributed by atoms with Gasteiger partial charge in [-0.15, -0.1) is 0 Å². The van der Waals surface area contributed by atoms with Crippen molar-refractivity contribution in [3.63, 3.8) is 0 Å². The summed E-state index contributed by atoms with van der Waals surface area (Å²) in [6.07, 6.45) is 7.24. The quantitative estimate of drug-likeness (QED) is 0.897. The van der Waals surface area contributed by atoms with E-state index < -0.39 is 0 Å². The molecule has 0 aromatic heterocycles. The molecule has 1 fully saturated rings. The Labute approximate surface area is 120 Å². The maximum absolute atomic E-state index is 6.09. The molecule has 1 atom stereocenters. The number of aryl methyl sites for hydroxylation is 1. The van der Waals surface area contributed by atoms with Crippen LogP contribution < -0.4 is 5.73 Å². The fourth-order valence-electron chi connectivity index (χ4n) is 3.75. The van der Waals surface area contributed by atoms with Crippen molar-refractivity contribution in [3.05, 3.63) is 34.3 Å². The van der Waals surface area contributed by atoms with Crippen LogP contribution in [0.1, 0.15) is 49.3 Å². The molecule has 0 bridgehead atoms. The van der Waals surface area contributed by atoms with Crippen LogP contribution in [0, 0.1) is 0 Å². The lowest BCUT2D eigenvalue weighted by Gasteiger charge is -2.37. The van der Waals surface area contributed by atoms with E-state index in [9.17, 15) is 0 Å². The molecule has 0 heterocycles. The van der Waals surface area contributed by atoms with E-state index in [0.717, 1.165) is 11.4 Å². The molecule has 0 amide bonds. The van der Waals surface area contributed by atoms with Gasteiger partial charge in [-0.25, -0.2) is 0 Å². The third kappa shape index (κ3) is 2.67. The van der Waals surface area contributed by atoms with Crippen LogP contribution >= 0.6 is 11.6 Å². The largest absolute Gasteiger partial charge is 0.328 e. The molecule has 19 heavy (non-hydrogen) atoms. The summed E-state index contributed by atoms with van der Waals surface area (Å²) in [6, 6.07) is 8.10. The molecular formula is C16H23ClN2. The standard InChI is InChI=1S/C16H23ClN2/c1-19(14-6-4-13(18)5-7-14)16-9-2-11-10-12(17)3-8-15(11)16/h3,8,10,13-14,16H,2,4-7,9,18H2,1H3. The van der Waals surface area contributed by atoms with E-state index in [-0.39, 0.29) is 0 Å². The summed E-state index contributed by atoms with van der Waals surface area (Å²) in [4.78, 5) is 2.59. The minimum atomic E-state index is 0.430. The van der Waals surface area contributed by atoms with E-state index in [1.54, 1.807) is 0 Å². The van der Waals surface area contributed by atoms with Crippen LogP contribution in [0.3, 0.4) is 0 Å². The van der Waals surface area contributed by atoms with Gasteiger partial charge < -0.3 is 5.73 Å². The summed E-state index contributed by atoms with van der Waals surface area (Å²) in [7, 11) is 2.29. The summed E-state index contributed by atoms with van der Waals surface area (Å²) in [5.74, 6) is 0. The second-order valence-corrected chi connectivity index (χ2v) is 6.57. The molecule has 0 spiro atoms. The Bertz CT molecular complexity index is 452. The lowest BCUT2D eigenvalue weighted by Crippen LogP contribution is -2.40. The van der Waals surface area contributed by atoms with E-state index in [4.69, 9.17) is 17.3 Å². The molecule has 0 saturated heterocycles. The summed E-state index contributed by atoms with van der Waals surface area (Å²) in [6.45, 7) is 0. The molecule has 2 N–H and O–H groups in total. The van der Waals surface area contributed by atoms with Crippen molar-refractivity contribution in [2.75, 3.05) is 7.05 Å². The number of fused-ring (bicyclic) bond motifs is 1. The lowest BCUT2D eigenvalue weighted by molar-refractivity contribution is 0.131. The summed E-state index contributed by atoms with van der Waals surface area (Å²) in [5.41, 5.74) is 8.94. The Morgan fingerprint density at radius 1 is 1.16 bits per heavy atom. The first-order valence-electron chi connectivity index (χ1n) is 7.41. The first-order valence-corrected chi connectivity index (χ1v) is 7.79. The Morgan fingerprint density at radius 2 is 1.89 bits per heavy atom. The fourth-order valence-corrected chi connectivity index (χ4v) is 3.94. The van der Waals surface area contributed by atoms with E-state index in [1.165, 1.54) is 43.2 Å². The van der Waals surface area contributed by atoms with E-state index in [2.05, 4.69) is 24.1 Å². The van der Waals surface area contributed by atoms with Gasteiger partial charge in [0.25, 0.3) is 0 Å². The minimum Gasteiger partial charge on any atom is -0.328 e. The van der Waals surface area contributed by atoms with Crippen molar-refractivity contribution in [2.45, 2.75) is 56.7 Å². The molecule has 2 nitrogen and oxygen atoms in total. The molecule has 3 rings (SSSR count). The summed E-state index contributed by atoms with van der Waals surface area (Å²) in [5, 5.41) is 0.866. The molecule has 1 unspecified atom stereocenters. The average Bonchev–Trinajstić information content (AvgIpc) is 2.81. The number of hydrogen-bond acceptors (Lipinski definition) is 2. The van der Waals surface area contributed by atoms with E-state index >= 15 is 0 Å². The second kappa shape index (κ2) is 5.43. The predicted octanol–water partition coefficient (Wildman–Crippen LogP) is 3.53. The number of hydrogen-bond donors (Lipinski definition) is 1. The van der Waals surface area contributed by atoms with Gasteiger partial charge in [0.05, 0.1) is 0 Å². The molecule has 0 radical (unpaired) electrons. The molecular weight excluding hydrogens is 256 g/mol. The van der Waals surface area contributed by atoms with Crippen LogP contribution in [0.5, 0.6) is 0 Å². The smallest absolute Gasteiger partial charge is 0.0408 e. The molecule has 2 aliphatic rings. The van der Waals surface area contributed by atoms with Gasteiger partial charge in [0, 0.05) is 23.1 Å². The van der Waals surface area contributed by atoms with Crippen molar-refractivity contribution in [1.82, 2.24) is 4.90 Å². The Hall–Kier alpha value is -0.570. The van der Waals surface area contributed by atoms with Crippen LogP contribution in [0.25, 0.3) is 0 Å². The van der Waals surface area contributed by atoms with E-state index in [1.807, 2.05) is 6.07 Å². The van der Waals surface area contributed by atoms with Crippen molar-refractivity contribution in [1.29, 1.82) is 0 Å². The SMILES string of the molecule is CN(C1CCC(N)CC1)C1CCc2cc(Cl)ccc21. The third-order valence-electron chi connectivity index (χ3n) is 4.96. The van der Waals surface area contributed by atoms with Crippen LogP contribution in [0.2, 0.25) is 5.02 Å². The van der Waals surface area contributed by atoms with Gasteiger partial charge in [-0.3, -0.25) is 4.90 Å². The lowest BCUT2D eigenvalue weighted by atomic mass is 9.89. The van der Waals surface area contributed by atoms with Crippen LogP contribution in [-0.4, -0.2) is 24.0 Å². The van der Waals surface area contributed by atoms with Gasteiger partial charge >= 0.3 is 0 Å². The molecule has 1 aromatic carbocycles. The summed E-state index contributed by atoms with van der Waals surface area (Å²) >= 11 is 6.09. The zero-order valence-corrected chi connectivity index (χ0v) is 12.4. The fraction of sp³-hybridized carbons (Fsp3) is 0.625. The van der Waals surface area contributed by atoms with Crippen LogP contribution in [0.4, 0.5) is 0 Å². The van der Waals surface area contributed by atoms with Crippen molar-refractivity contribution >= 4 is 11.6 Å². The van der Waals surface area contributed by atoms with Crippen molar-refractivity contribution < 1.29 is 0 Å². The molecule has 2 aliphatic carbocycles. The Kier molecular flexibility index (Phi) is 3.84. The highest BCUT2D eigenvalue weighted by molar-refractivity contribution is 6.30. The first kappa shape index (κ1) is 13.4. The normalized spacial score (nSPS) is 30.6. The van der Waals surface area contributed by atoms with Gasteiger partial charge in [0.15, 0.2) is 0 Å². The first-order chi connectivity index (χ1) is 9.15. The van der Waals surface area contributed by atoms with Gasteiger partial charge in [0.1, 0.15) is 0 Å². The third-order valence-corrected chi connectivity index (χ3v) is 5.20. The van der Waals surface area contributed by atoms with Crippen molar-refractivity contribution in [2.24, 2.45) is 5.73 Å². The molecule has 3 heteroatoms. The van der Waals surface area contributed by atoms with Crippen LogP contribution in [-0.2, 0) is 6.42 Å². The monoisotopic (exact) mass is 278 g/mol. The maximum Gasteiger partial charge on any atom is 0.0408 e. The zero-order chi connectivity index (χ0) is 13.4. The van der Waals surface area contributed by atoms with Gasteiger partial charge in [0.2, 0.25) is 0 Å². The molecule has 104 valence electrons. The number of rotatable bonds is 2. The topological polar surface area (TPSA) is 29.3 Å². The molecule has 1 aromatic rings. The maximum atomic E-state index is 6.09. The van der Waals surface area contributed by atoms with Gasteiger partial charge in [-0.2, -0.15) is 0 Å². The Balaban J connectivity index is 1.74. The number of benzene rings is 1. The van der Waals surface area contributed by atoms with Crippen molar-refractivity contribution in [3.8, 4) is 0 Å². The molecule has 0 aliphatic heterocycles. The number of nitrogens with zero attached hydrogens (tertiary/aromatic N) is 1. The zero-order valence-electron chi connectivity index (χ0n) is 11.6. The predicted molar refractivity (Wildman–Crippen MR) is 80.5 cm³/mol. The highest BCUT2D eigenvalue weighted by Gasteiger charge is 2.31. The minimum absolute atomic E-state index is 0.430. The highest BCUT2D eigenvalue weighted by Crippen LogP contribution is 2.39. The Morgan fingerprint density at radius 3 is 2.63 bits per heavy atom. The highest BCUT2D eigenvalue weighted by atomic mass is 35.5. The van der Waals surface area contributed by atoms with Gasteiger partial charge in [-0.1, -0.05) is 17.7 Å². The average molecular weight is 279 g/mol. The molecule has 1 saturated carbocycles. The number of halogens is 1. The van der Waals surface area contributed by atoms with E-state index in [0.29, 0.717) is 18.1 Å². The van der Waals surface area contributed by atoms with Crippen LogP contribution in [0.15, 0.2) is 18.2 Å².